The third-order valence-corrected chi connectivity index (χ3v) is 4.18. The molecule has 0 bridgehead atoms. The molecule has 0 atom stereocenters. The number of hydrazone groups is 1. The van der Waals surface area contributed by atoms with Gasteiger partial charge in [0.1, 0.15) is 0 Å². The number of rotatable bonds is 6. The molecule has 0 radical (unpaired) electrons. The second kappa shape index (κ2) is 9.56. The zero-order valence-corrected chi connectivity index (χ0v) is 15.5. The van der Waals surface area contributed by atoms with Crippen LogP contribution in [0.5, 0.6) is 0 Å². The van der Waals surface area contributed by atoms with E-state index in [1.165, 1.54) is 5.69 Å². The number of hydrogen-bond donors (Lipinski definition) is 2. The van der Waals surface area contributed by atoms with E-state index in [4.69, 9.17) is 17.0 Å². The van der Waals surface area contributed by atoms with Gasteiger partial charge in [-0.25, -0.2) is 0 Å². The number of benzene rings is 1. The van der Waals surface area contributed by atoms with Crippen molar-refractivity contribution in [2.24, 2.45) is 5.10 Å². The first kappa shape index (κ1) is 18.6. The van der Waals surface area contributed by atoms with Crippen molar-refractivity contribution >= 4 is 28.7 Å². The molecule has 0 saturated carbocycles. The smallest absolute Gasteiger partial charge is 0.187 e. The summed E-state index contributed by atoms with van der Waals surface area (Å²) in [6.45, 7) is 7.34. The summed E-state index contributed by atoms with van der Waals surface area (Å²) in [5, 5.41) is 8.08. The molecule has 0 amide bonds. The van der Waals surface area contributed by atoms with Gasteiger partial charge in [-0.3, -0.25) is 10.3 Å². The molecule has 7 heteroatoms. The van der Waals surface area contributed by atoms with Gasteiger partial charge in [0.25, 0.3) is 0 Å². The fourth-order valence-corrected chi connectivity index (χ4v) is 2.54. The maximum Gasteiger partial charge on any atom is 0.187 e. The Bertz CT molecular complexity index is 553. The van der Waals surface area contributed by atoms with Crippen LogP contribution >= 0.6 is 12.2 Å². The molecule has 0 aliphatic carbocycles. The molecular formula is C17H27N5OS. The van der Waals surface area contributed by atoms with Crippen LogP contribution in [0.3, 0.4) is 0 Å². The zero-order chi connectivity index (χ0) is 17.4. The first-order valence-electron chi connectivity index (χ1n) is 8.22. The van der Waals surface area contributed by atoms with E-state index in [0.717, 1.165) is 50.7 Å². The first-order chi connectivity index (χ1) is 11.6. The van der Waals surface area contributed by atoms with Gasteiger partial charge in [0.2, 0.25) is 0 Å². The molecule has 1 heterocycles. The van der Waals surface area contributed by atoms with Gasteiger partial charge in [-0.2, -0.15) is 5.10 Å². The molecule has 1 aromatic carbocycles. The van der Waals surface area contributed by atoms with Crippen molar-refractivity contribution in [1.29, 1.82) is 0 Å². The summed E-state index contributed by atoms with van der Waals surface area (Å²) in [6.07, 6.45) is 0. The Morgan fingerprint density at radius 3 is 2.54 bits per heavy atom. The Labute approximate surface area is 149 Å². The molecule has 1 aliphatic rings. The van der Waals surface area contributed by atoms with Crippen LogP contribution in [0.4, 0.5) is 5.69 Å². The fraction of sp³-hybridized carbons (Fsp3) is 0.529. The average molecular weight is 350 g/mol. The SMILES string of the molecule is C/C(=N/NC(=S)NCCN1CCOCC1)c1ccc(N(C)C)cc1. The van der Waals surface area contributed by atoms with E-state index >= 15 is 0 Å². The van der Waals surface area contributed by atoms with Crippen molar-refractivity contribution in [2.75, 3.05) is 58.4 Å². The minimum atomic E-state index is 0.549. The van der Waals surface area contributed by atoms with Gasteiger partial charge in [0.15, 0.2) is 5.11 Å². The monoisotopic (exact) mass is 349 g/mol. The summed E-state index contributed by atoms with van der Waals surface area (Å²) in [5.74, 6) is 0. The Morgan fingerprint density at radius 1 is 1.25 bits per heavy atom. The second-order valence-corrected chi connectivity index (χ2v) is 6.37. The van der Waals surface area contributed by atoms with Gasteiger partial charge >= 0.3 is 0 Å². The van der Waals surface area contributed by atoms with Crippen molar-refractivity contribution in [3.63, 3.8) is 0 Å². The van der Waals surface area contributed by atoms with Crippen LogP contribution in [-0.4, -0.2) is 69.2 Å². The van der Waals surface area contributed by atoms with E-state index in [9.17, 15) is 0 Å². The van der Waals surface area contributed by atoms with Crippen molar-refractivity contribution in [2.45, 2.75) is 6.92 Å². The Balaban J connectivity index is 1.73. The van der Waals surface area contributed by atoms with Crippen LogP contribution < -0.4 is 15.6 Å². The number of morpholine rings is 1. The first-order valence-corrected chi connectivity index (χ1v) is 8.63. The summed E-state index contributed by atoms with van der Waals surface area (Å²) in [5.41, 5.74) is 6.05. The lowest BCUT2D eigenvalue weighted by molar-refractivity contribution is 0.0389. The Morgan fingerprint density at radius 2 is 1.92 bits per heavy atom. The molecule has 0 unspecified atom stereocenters. The molecule has 2 rings (SSSR count). The van der Waals surface area contributed by atoms with E-state index in [1.807, 2.05) is 21.0 Å². The topological polar surface area (TPSA) is 52.1 Å². The maximum atomic E-state index is 5.33. The number of hydrogen-bond acceptors (Lipinski definition) is 5. The molecule has 1 saturated heterocycles. The zero-order valence-electron chi connectivity index (χ0n) is 14.7. The van der Waals surface area contributed by atoms with Crippen LogP contribution in [-0.2, 0) is 4.74 Å². The van der Waals surface area contributed by atoms with E-state index in [-0.39, 0.29) is 0 Å². The number of ether oxygens (including phenoxy) is 1. The second-order valence-electron chi connectivity index (χ2n) is 5.96. The Hall–Kier alpha value is -1.70. The van der Waals surface area contributed by atoms with Gasteiger partial charge < -0.3 is 15.0 Å². The predicted octanol–water partition coefficient (Wildman–Crippen LogP) is 1.27. The molecule has 1 aromatic rings. The van der Waals surface area contributed by atoms with Gasteiger partial charge in [0, 0.05) is 46.0 Å². The van der Waals surface area contributed by atoms with Gasteiger partial charge in [-0.1, -0.05) is 12.1 Å². The molecule has 24 heavy (non-hydrogen) atoms. The van der Waals surface area contributed by atoms with Crippen LogP contribution in [0, 0.1) is 0 Å². The van der Waals surface area contributed by atoms with Crippen molar-refractivity contribution in [3.8, 4) is 0 Å². The highest BCUT2D eigenvalue weighted by atomic mass is 32.1. The van der Waals surface area contributed by atoms with Crippen LogP contribution in [0.2, 0.25) is 0 Å². The van der Waals surface area contributed by atoms with Gasteiger partial charge in [0.05, 0.1) is 18.9 Å². The third-order valence-electron chi connectivity index (χ3n) is 3.94. The molecule has 132 valence electrons. The normalized spacial score (nSPS) is 15.9. The van der Waals surface area contributed by atoms with Gasteiger partial charge in [-0.15, -0.1) is 0 Å². The van der Waals surface area contributed by atoms with Crippen LogP contribution in [0.25, 0.3) is 0 Å². The highest BCUT2D eigenvalue weighted by Crippen LogP contribution is 2.12. The van der Waals surface area contributed by atoms with E-state index in [1.54, 1.807) is 0 Å². The van der Waals surface area contributed by atoms with E-state index in [2.05, 4.69) is 49.9 Å². The predicted molar refractivity (Wildman–Crippen MR) is 104 cm³/mol. The molecule has 1 aliphatic heterocycles. The van der Waals surface area contributed by atoms with Crippen molar-refractivity contribution in [3.05, 3.63) is 29.8 Å². The lowest BCUT2D eigenvalue weighted by atomic mass is 10.1. The average Bonchev–Trinajstić information content (AvgIpc) is 2.60. The van der Waals surface area contributed by atoms with E-state index in [0.29, 0.717) is 5.11 Å². The summed E-state index contributed by atoms with van der Waals surface area (Å²) in [7, 11) is 4.05. The number of nitrogens with one attached hydrogen (secondary N) is 2. The van der Waals surface area contributed by atoms with Crippen molar-refractivity contribution < 1.29 is 4.74 Å². The molecule has 0 aromatic heterocycles. The maximum absolute atomic E-state index is 5.33. The summed E-state index contributed by atoms with van der Waals surface area (Å²) >= 11 is 5.27. The molecule has 1 fully saturated rings. The fourth-order valence-electron chi connectivity index (χ4n) is 2.39. The highest BCUT2D eigenvalue weighted by molar-refractivity contribution is 7.80. The quantitative estimate of drug-likeness (QED) is 0.458. The number of anilines is 1. The third kappa shape index (κ3) is 6.07. The minimum Gasteiger partial charge on any atom is -0.379 e. The minimum absolute atomic E-state index is 0.549. The summed E-state index contributed by atoms with van der Waals surface area (Å²) in [6, 6.07) is 8.27. The van der Waals surface area contributed by atoms with E-state index < -0.39 is 0 Å². The number of nitrogens with zero attached hydrogens (tertiary/aromatic N) is 3. The number of thiocarbonyl (C=S) groups is 1. The van der Waals surface area contributed by atoms with Crippen molar-refractivity contribution in [1.82, 2.24) is 15.6 Å². The molecule has 0 spiro atoms. The Kier molecular flexibility index (Phi) is 7.42. The molecule has 6 nitrogen and oxygen atoms in total. The highest BCUT2D eigenvalue weighted by Gasteiger charge is 2.09. The summed E-state index contributed by atoms with van der Waals surface area (Å²) < 4.78 is 5.33. The lowest BCUT2D eigenvalue weighted by Crippen LogP contribution is -2.42. The summed E-state index contributed by atoms with van der Waals surface area (Å²) in [4.78, 5) is 4.43. The lowest BCUT2D eigenvalue weighted by Gasteiger charge is -2.26. The standard InChI is InChI=1S/C17H27N5OS/c1-14(15-4-6-16(7-5-15)21(2)3)19-20-17(24)18-8-9-22-10-12-23-13-11-22/h4-7H,8-13H2,1-3H3,(H2,18,20,24)/b19-14-. The molecular weight excluding hydrogens is 322 g/mol. The largest absolute Gasteiger partial charge is 0.379 e. The van der Waals surface area contributed by atoms with Crippen LogP contribution in [0.1, 0.15) is 12.5 Å². The molecule has 2 N–H and O–H groups in total. The van der Waals surface area contributed by atoms with Crippen LogP contribution in [0.15, 0.2) is 29.4 Å². The van der Waals surface area contributed by atoms with Gasteiger partial charge in [-0.05, 0) is 36.8 Å².